The van der Waals surface area contributed by atoms with Crippen LogP contribution in [0.5, 0.6) is 0 Å². The highest BCUT2D eigenvalue weighted by Gasteiger charge is 2.24. The molecule has 23 heavy (non-hydrogen) atoms. The van der Waals surface area contributed by atoms with Crippen LogP contribution < -0.4 is 10.5 Å². The van der Waals surface area contributed by atoms with Crippen LogP contribution in [0.25, 0.3) is 5.69 Å². The number of hydrogen-bond donors (Lipinski definition) is 0. The van der Waals surface area contributed by atoms with Gasteiger partial charge in [-0.3, -0.25) is 4.79 Å². The lowest BCUT2D eigenvalue weighted by atomic mass is 10.3. The molecule has 1 aromatic carbocycles. The summed E-state index contributed by atoms with van der Waals surface area (Å²) in [5.74, 6) is 0.668. The molecule has 1 fully saturated rings. The van der Waals surface area contributed by atoms with Gasteiger partial charge in [0.05, 0.1) is 11.9 Å². The largest absolute Gasteiger partial charge is 0.353 e. The Morgan fingerprint density at radius 3 is 2.22 bits per heavy atom. The number of sulfonamides is 1. The lowest BCUT2D eigenvalue weighted by Gasteiger charge is -2.33. The maximum absolute atomic E-state index is 12.0. The van der Waals surface area contributed by atoms with Gasteiger partial charge in [-0.05, 0) is 18.2 Å². The van der Waals surface area contributed by atoms with E-state index in [0.717, 1.165) is 0 Å². The second-order valence-electron chi connectivity index (χ2n) is 5.43. The first-order valence-electron chi connectivity index (χ1n) is 7.31. The topological polar surface area (TPSA) is 75.5 Å². The number of anilines is 1. The Hall–Kier alpha value is -2.19. The third-order valence-electron chi connectivity index (χ3n) is 3.82. The minimum absolute atomic E-state index is 0.199. The average Bonchev–Trinajstić information content (AvgIpc) is 2.55. The second kappa shape index (κ2) is 6.13. The van der Waals surface area contributed by atoms with Gasteiger partial charge in [-0.15, -0.1) is 5.10 Å². The zero-order chi connectivity index (χ0) is 16.4. The second-order valence-corrected chi connectivity index (χ2v) is 7.41. The molecule has 1 saturated heterocycles. The summed E-state index contributed by atoms with van der Waals surface area (Å²) in [5.41, 5.74) is 0.504. The van der Waals surface area contributed by atoms with Crippen molar-refractivity contribution in [3.05, 3.63) is 52.8 Å². The van der Waals surface area contributed by atoms with E-state index in [-0.39, 0.29) is 5.56 Å². The maximum atomic E-state index is 12.0. The molecule has 7 nitrogen and oxygen atoms in total. The van der Waals surface area contributed by atoms with E-state index in [1.165, 1.54) is 21.3 Å². The van der Waals surface area contributed by atoms with Gasteiger partial charge in [-0.2, -0.15) is 8.99 Å². The molecule has 1 aromatic heterocycles. The summed E-state index contributed by atoms with van der Waals surface area (Å²) in [7, 11) is -3.16. The lowest BCUT2D eigenvalue weighted by Crippen LogP contribution is -2.48. The van der Waals surface area contributed by atoms with Gasteiger partial charge in [0, 0.05) is 32.2 Å². The van der Waals surface area contributed by atoms with Crippen molar-refractivity contribution in [1.82, 2.24) is 14.1 Å². The molecule has 1 aliphatic heterocycles. The molecule has 0 unspecified atom stereocenters. The van der Waals surface area contributed by atoms with Crippen molar-refractivity contribution < 1.29 is 8.42 Å². The van der Waals surface area contributed by atoms with E-state index in [1.54, 1.807) is 6.07 Å². The number of para-hydroxylation sites is 1. The van der Waals surface area contributed by atoms with E-state index in [9.17, 15) is 13.2 Å². The number of nitrogens with zero attached hydrogens (tertiary/aromatic N) is 4. The Bertz CT molecular complexity index is 841. The minimum atomic E-state index is -3.16. The van der Waals surface area contributed by atoms with Crippen LogP contribution >= 0.6 is 0 Å². The van der Waals surface area contributed by atoms with Crippen molar-refractivity contribution in [1.29, 1.82) is 0 Å². The highest BCUT2D eigenvalue weighted by molar-refractivity contribution is 7.88. The van der Waals surface area contributed by atoms with Gasteiger partial charge in [0.1, 0.15) is 5.82 Å². The first kappa shape index (κ1) is 15.7. The Morgan fingerprint density at radius 1 is 0.957 bits per heavy atom. The molecule has 0 spiro atoms. The van der Waals surface area contributed by atoms with Gasteiger partial charge in [0.25, 0.3) is 5.56 Å². The molecule has 2 heterocycles. The molecule has 0 aliphatic carbocycles. The van der Waals surface area contributed by atoms with Crippen molar-refractivity contribution in [3.63, 3.8) is 0 Å². The van der Waals surface area contributed by atoms with Gasteiger partial charge in [0.2, 0.25) is 10.0 Å². The predicted octanol–water partition coefficient (Wildman–Crippen LogP) is 0.314. The molecule has 2 aromatic rings. The summed E-state index contributed by atoms with van der Waals surface area (Å²) in [5, 5.41) is 4.42. The van der Waals surface area contributed by atoms with E-state index in [4.69, 9.17) is 0 Å². The van der Waals surface area contributed by atoms with E-state index in [0.29, 0.717) is 37.7 Å². The van der Waals surface area contributed by atoms with Crippen LogP contribution in [-0.2, 0) is 10.0 Å². The summed E-state index contributed by atoms with van der Waals surface area (Å²) in [6.45, 7) is 1.94. The van der Waals surface area contributed by atoms with Gasteiger partial charge in [-0.25, -0.2) is 8.42 Å². The molecule has 0 N–H and O–H groups in total. The fourth-order valence-electron chi connectivity index (χ4n) is 2.57. The van der Waals surface area contributed by atoms with E-state index in [1.807, 2.05) is 35.2 Å². The first-order valence-corrected chi connectivity index (χ1v) is 9.16. The van der Waals surface area contributed by atoms with Crippen molar-refractivity contribution in [3.8, 4) is 5.69 Å². The van der Waals surface area contributed by atoms with Crippen LogP contribution in [0.2, 0.25) is 0 Å². The Kier molecular flexibility index (Phi) is 4.18. The molecule has 1 aliphatic rings. The smallest absolute Gasteiger partial charge is 0.271 e. The minimum Gasteiger partial charge on any atom is -0.353 e. The van der Waals surface area contributed by atoms with Crippen LogP contribution in [-0.4, -0.2) is 54.9 Å². The molecule has 0 atom stereocenters. The van der Waals surface area contributed by atoms with Gasteiger partial charge in [-0.1, -0.05) is 18.2 Å². The van der Waals surface area contributed by atoms with E-state index < -0.39 is 10.0 Å². The number of rotatable bonds is 3. The quantitative estimate of drug-likeness (QED) is 0.808. The SMILES string of the molecule is CS(=O)(=O)N1CCN(c2ccc(=O)n(-c3ccccc3)n2)CC1. The fraction of sp³-hybridized carbons (Fsp3) is 0.333. The lowest BCUT2D eigenvalue weighted by molar-refractivity contribution is 0.386. The van der Waals surface area contributed by atoms with Crippen molar-refractivity contribution >= 4 is 15.8 Å². The van der Waals surface area contributed by atoms with Gasteiger partial charge >= 0.3 is 0 Å². The van der Waals surface area contributed by atoms with Gasteiger partial charge in [0.15, 0.2) is 0 Å². The molecule has 0 amide bonds. The monoisotopic (exact) mass is 334 g/mol. The number of hydrogen-bond acceptors (Lipinski definition) is 5. The molecular formula is C15H18N4O3S. The molecular weight excluding hydrogens is 316 g/mol. The fourth-order valence-corrected chi connectivity index (χ4v) is 3.40. The summed E-state index contributed by atoms with van der Waals surface area (Å²) in [6, 6.07) is 12.4. The van der Waals surface area contributed by atoms with Crippen molar-refractivity contribution in [2.24, 2.45) is 0 Å². The molecule has 0 saturated carbocycles. The standard InChI is InChI=1S/C15H18N4O3S/c1-23(21,22)18-11-9-17(10-12-18)14-7-8-15(20)19(16-14)13-5-3-2-4-6-13/h2-8H,9-12H2,1H3. The molecule has 0 radical (unpaired) electrons. The van der Waals surface area contributed by atoms with Crippen molar-refractivity contribution in [2.75, 3.05) is 37.3 Å². The average molecular weight is 334 g/mol. The predicted molar refractivity (Wildman–Crippen MR) is 88.5 cm³/mol. The summed E-state index contributed by atoms with van der Waals surface area (Å²) < 4.78 is 25.9. The third-order valence-corrected chi connectivity index (χ3v) is 5.12. The normalized spacial score (nSPS) is 16.5. The third kappa shape index (κ3) is 3.43. The zero-order valence-corrected chi connectivity index (χ0v) is 13.6. The maximum Gasteiger partial charge on any atom is 0.271 e. The van der Waals surface area contributed by atoms with Crippen LogP contribution in [0.15, 0.2) is 47.3 Å². The van der Waals surface area contributed by atoms with Crippen LogP contribution in [0, 0.1) is 0 Å². The van der Waals surface area contributed by atoms with Gasteiger partial charge < -0.3 is 4.90 Å². The van der Waals surface area contributed by atoms with E-state index in [2.05, 4.69) is 5.10 Å². The highest BCUT2D eigenvalue weighted by atomic mass is 32.2. The molecule has 0 bridgehead atoms. The van der Waals surface area contributed by atoms with Crippen LogP contribution in [0.4, 0.5) is 5.82 Å². The van der Waals surface area contributed by atoms with Crippen LogP contribution in [0.1, 0.15) is 0 Å². The molecule has 3 rings (SSSR count). The Labute approximate surface area is 134 Å². The first-order chi connectivity index (χ1) is 10.9. The van der Waals surface area contributed by atoms with Crippen LogP contribution in [0.3, 0.4) is 0 Å². The summed E-state index contributed by atoms with van der Waals surface area (Å²) in [4.78, 5) is 14.0. The molecule has 8 heteroatoms. The zero-order valence-electron chi connectivity index (χ0n) is 12.8. The number of aromatic nitrogens is 2. The highest BCUT2D eigenvalue weighted by Crippen LogP contribution is 2.14. The van der Waals surface area contributed by atoms with E-state index >= 15 is 0 Å². The van der Waals surface area contributed by atoms with Crippen molar-refractivity contribution in [2.45, 2.75) is 0 Å². The Balaban J connectivity index is 1.84. The number of piperazine rings is 1. The summed E-state index contributed by atoms with van der Waals surface area (Å²) in [6.07, 6.45) is 1.22. The summed E-state index contributed by atoms with van der Waals surface area (Å²) >= 11 is 0. The number of benzene rings is 1. The Morgan fingerprint density at radius 2 is 1.61 bits per heavy atom. The molecule has 122 valence electrons.